The topological polar surface area (TPSA) is 213 Å². The van der Waals surface area contributed by atoms with Crippen molar-refractivity contribution < 1.29 is 39.2 Å². The van der Waals surface area contributed by atoms with Gasteiger partial charge in [0.1, 0.15) is 10.6 Å². The zero-order valence-electron chi connectivity index (χ0n) is 19.2. The minimum atomic E-state index is -4.95. The van der Waals surface area contributed by atoms with Gasteiger partial charge in [-0.05, 0) is 37.3 Å². The molecule has 0 spiro atoms. The SMILES string of the molecule is CCS(=O)(=O)c1nc2ccc(N=N[C@@H]3C(=O)N(c4cc(S(=O)(=O)O)ccc4Cl)N=C3C)c(S(=O)(=O)O)c2s1. The molecule has 1 aromatic heterocycles. The van der Waals surface area contributed by atoms with Gasteiger partial charge in [0.25, 0.3) is 26.1 Å². The first-order valence-electron chi connectivity index (χ1n) is 10.3. The second-order valence-electron chi connectivity index (χ2n) is 7.72. The number of hydrogen-bond donors (Lipinski definition) is 2. The molecule has 2 heterocycles. The largest absolute Gasteiger partial charge is 0.298 e. The number of halogens is 1. The normalized spacial score (nSPS) is 17.1. The number of sulfone groups is 1. The Balaban J connectivity index is 1.76. The van der Waals surface area contributed by atoms with E-state index in [4.69, 9.17) is 11.6 Å². The Labute approximate surface area is 225 Å². The van der Waals surface area contributed by atoms with Crippen molar-refractivity contribution in [2.45, 2.75) is 34.0 Å². The Hall–Kier alpha value is -2.87. The number of anilines is 1. The number of hydrogen-bond acceptors (Lipinski definition) is 12. The van der Waals surface area contributed by atoms with Crippen LogP contribution in [0, 0.1) is 0 Å². The molecule has 19 heteroatoms. The fraction of sp³-hybridized carbons (Fsp3) is 0.211. The Morgan fingerprint density at radius 3 is 2.37 bits per heavy atom. The first kappa shape index (κ1) is 28.1. The van der Waals surface area contributed by atoms with Crippen LogP contribution in [0.5, 0.6) is 0 Å². The summed E-state index contributed by atoms with van der Waals surface area (Å²) in [6.45, 7) is 2.79. The first-order chi connectivity index (χ1) is 17.5. The van der Waals surface area contributed by atoms with E-state index in [1.54, 1.807) is 0 Å². The Kier molecular flexibility index (Phi) is 7.19. The molecule has 3 aromatic rings. The maximum absolute atomic E-state index is 13.0. The summed E-state index contributed by atoms with van der Waals surface area (Å²) in [5, 5.41) is 12.4. The summed E-state index contributed by atoms with van der Waals surface area (Å²) in [5.41, 5.74) is -0.494. The van der Waals surface area contributed by atoms with Gasteiger partial charge in [-0.3, -0.25) is 13.9 Å². The molecule has 1 aliphatic rings. The number of aromatic nitrogens is 1. The molecule has 0 radical (unpaired) electrons. The van der Waals surface area contributed by atoms with Crippen LogP contribution >= 0.6 is 22.9 Å². The fourth-order valence-electron chi connectivity index (χ4n) is 3.32. The highest BCUT2D eigenvalue weighted by Crippen LogP contribution is 2.38. The number of rotatable bonds is 7. The summed E-state index contributed by atoms with van der Waals surface area (Å²) < 4.78 is 90.5. The second kappa shape index (κ2) is 9.70. The van der Waals surface area contributed by atoms with Crippen molar-refractivity contribution in [2.24, 2.45) is 15.3 Å². The molecular weight excluding hydrogens is 606 g/mol. The van der Waals surface area contributed by atoms with E-state index in [-0.39, 0.29) is 36.7 Å². The van der Waals surface area contributed by atoms with Crippen molar-refractivity contribution in [3.8, 4) is 0 Å². The van der Waals surface area contributed by atoms with Crippen molar-refractivity contribution in [1.29, 1.82) is 0 Å². The Morgan fingerprint density at radius 2 is 1.76 bits per heavy atom. The molecule has 0 fully saturated rings. The smallest absolute Gasteiger partial charge is 0.282 e. The van der Waals surface area contributed by atoms with E-state index in [1.165, 1.54) is 19.9 Å². The predicted octanol–water partition coefficient (Wildman–Crippen LogP) is 3.11. The molecule has 0 bridgehead atoms. The predicted molar refractivity (Wildman–Crippen MR) is 137 cm³/mol. The molecular formula is C19H16ClN5O9S4. The van der Waals surface area contributed by atoms with Crippen LogP contribution in [0.25, 0.3) is 10.2 Å². The van der Waals surface area contributed by atoms with Gasteiger partial charge in [-0.15, -0.1) is 11.3 Å². The summed E-state index contributed by atoms with van der Waals surface area (Å²) in [6, 6.07) is 4.13. The third-order valence-corrected chi connectivity index (χ3v) is 10.7. The van der Waals surface area contributed by atoms with Gasteiger partial charge >= 0.3 is 0 Å². The van der Waals surface area contributed by atoms with Crippen LogP contribution in [0.2, 0.25) is 5.02 Å². The van der Waals surface area contributed by atoms with E-state index in [1.807, 2.05) is 0 Å². The van der Waals surface area contributed by atoms with Gasteiger partial charge in [-0.1, -0.05) is 18.5 Å². The molecule has 1 amide bonds. The number of amides is 1. The number of fused-ring (bicyclic) bond motifs is 1. The Morgan fingerprint density at radius 1 is 1.08 bits per heavy atom. The average molecular weight is 622 g/mol. The van der Waals surface area contributed by atoms with Gasteiger partial charge in [-0.2, -0.15) is 37.2 Å². The summed E-state index contributed by atoms with van der Waals surface area (Å²) in [6.07, 6.45) is 0. The van der Waals surface area contributed by atoms with Crippen molar-refractivity contribution in [3.63, 3.8) is 0 Å². The number of azo groups is 1. The van der Waals surface area contributed by atoms with Crippen molar-refractivity contribution >= 4 is 86.2 Å². The lowest BCUT2D eigenvalue weighted by Crippen LogP contribution is -2.30. The number of carbonyl (C=O) groups excluding carboxylic acids is 1. The standard InChI is InChI=1S/C19H16ClN5O9S4/c1-3-36(27,28)19-21-12-6-7-13(17(16(12)35-19)38(32,33)34)22-23-15-9(2)24-25(18(15)26)14-8-10(37(29,30)31)4-5-11(14)20/h4-8,15H,3H2,1-2H3,(H,29,30,31)(H,32,33,34)/t15-/m0/s1. The van der Waals surface area contributed by atoms with Crippen LogP contribution < -0.4 is 5.01 Å². The van der Waals surface area contributed by atoms with Crippen LogP contribution in [0.15, 0.2) is 59.8 Å². The van der Waals surface area contributed by atoms with Gasteiger partial charge in [-0.25, -0.2) is 13.4 Å². The Bertz CT molecular complexity index is 1880. The van der Waals surface area contributed by atoms with Gasteiger partial charge in [0.2, 0.25) is 14.2 Å². The van der Waals surface area contributed by atoms with Crippen LogP contribution in [0.1, 0.15) is 13.8 Å². The van der Waals surface area contributed by atoms with E-state index in [2.05, 4.69) is 20.3 Å². The minimum absolute atomic E-state index is 0.0113. The third kappa shape index (κ3) is 5.20. The lowest BCUT2D eigenvalue weighted by molar-refractivity contribution is -0.117. The van der Waals surface area contributed by atoms with E-state index in [0.29, 0.717) is 11.3 Å². The highest BCUT2D eigenvalue weighted by atomic mass is 35.5. The molecule has 0 aliphatic carbocycles. The number of thiazole rings is 1. The molecule has 2 aromatic carbocycles. The van der Waals surface area contributed by atoms with E-state index in [9.17, 15) is 39.2 Å². The number of nitrogens with zero attached hydrogens (tertiary/aromatic N) is 5. The van der Waals surface area contributed by atoms with Crippen molar-refractivity contribution in [2.75, 3.05) is 10.8 Å². The second-order valence-corrected chi connectivity index (χ2v) is 14.4. The molecule has 0 saturated heterocycles. The van der Waals surface area contributed by atoms with Crippen molar-refractivity contribution in [3.05, 3.63) is 35.4 Å². The van der Waals surface area contributed by atoms with Gasteiger partial charge < -0.3 is 0 Å². The molecule has 38 heavy (non-hydrogen) atoms. The maximum Gasteiger partial charge on any atom is 0.298 e. The summed E-state index contributed by atoms with van der Waals surface area (Å²) in [7, 11) is -13.3. The van der Waals surface area contributed by atoms with Gasteiger partial charge in [0, 0.05) is 0 Å². The zero-order valence-corrected chi connectivity index (χ0v) is 23.2. The van der Waals surface area contributed by atoms with Crippen LogP contribution in [-0.4, -0.2) is 62.8 Å². The van der Waals surface area contributed by atoms with E-state index >= 15 is 0 Å². The average Bonchev–Trinajstić information content (AvgIpc) is 3.37. The van der Waals surface area contributed by atoms with Crippen molar-refractivity contribution in [1.82, 2.24) is 4.98 Å². The lowest BCUT2D eigenvalue weighted by Gasteiger charge is -2.15. The van der Waals surface area contributed by atoms with Gasteiger partial charge in [0.05, 0.1) is 37.3 Å². The van der Waals surface area contributed by atoms with Crippen LogP contribution in [0.3, 0.4) is 0 Å². The first-order valence-corrected chi connectivity index (χ1v) is 16.0. The minimum Gasteiger partial charge on any atom is -0.282 e. The third-order valence-electron chi connectivity index (χ3n) is 5.20. The van der Waals surface area contributed by atoms with Gasteiger partial charge in [0.15, 0.2) is 6.04 Å². The summed E-state index contributed by atoms with van der Waals surface area (Å²) in [5.74, 6) is -1.11. The highest BCUT2D eigenvalue weighted by molar-refractivity contribution is 7.93. The highest BCUT2D eigenvalue weighted by Gasteiger charge is 2.36. The number of carbonyl (C=O) groups is 1. The van der Waals surface area contributed by atoms with E-state index < -0.39 is 57.5 Å². The van der Waals surface area contributed by atoms with Crippen LogP contribution in [-0.2, 0) is 34.9 Å². The zero-order chi connectivity index (χ0) is 28.2. The molecule has 4 rings (SSSR count). The quantitative estimate of drug-likeness (QED) is 0.290. The van der Waals surface area contributed by atoms with E-state index in [0.717, 1.165) is 29.3 Å². The fourth-order valence-corrected chi connectivity index (χ4v) is 7.50. The molecule has 14 nitrogen and oxygen atoms in total. The number of hydrazone groups is 1. The summed E-state index contributed by atoms with van der Waals surface area (Å²) >= 11 is 6.63. The number of benzene rings is 2. The molecule has 1 atom stereocenters. The monoisotopic (exact) mass is 621 g/mol. The molecule has 0 unspecified atom stereocenters. The molecule has 202 valence electrons. The van der Waals surface area contributed by atoms with Crippen LogP contribution in [0.4, 0.5) is 11.4 Å². The molecule has 2 N–H and O–H groups in total. The maximum atomic E-state index is 13.0. The molecule has 1 aliphatic heterocycles. The summed E-state index contributed by atoms with van der Waals surface area (Å²) in [4.78, 5) is 15.7. The molecule has 0 saturated carbocycles. The lowest BCUT2D eigenvalue weighted by atomic mass is 10.2.